The minimum atomic E-state index is -0.0750. The third kappa shape index (κ3) is 3.33. The summed E-state index contributed by atoms with van der Waals surface area (Å²) in [7, 11) is 0. The Kier molecular flexibility index (Phi) is 4.54. The fraction of sp³-hybridized carbons (Fsp3) is 0.688. The Balaban J connectivity index is 1.51. The molecule has 0 unspecified atom stereocenters. The Morgan fingerprint density at radius 1 is 1.09 bits per heavy atom. The molecular formula is C16H24N4O3. The maximum Gasteiger partial charge on any atom is 0.319 e. The van der Waals surface area contributed by atoms with Crippen molar-refractivity contribution in [2.45, 2.75) is 39.5 Å². The zero-order chi connectivity index (χ0) is 16.4. The van der Waals surface area contributed by atoms with Crippen LogP contribution in [-0.2, 0) is 4.79 Å². The monoisotopic (exact) mass is 320 g/mol. The van der Waals surface area contributed by atoms with E-state index >= 15 is 0 Å². The van der Waals surface area contributed by atoms with Gasteiger partial charge in [0.25, 0.3) is 0 Å². The van der Waals surface area contributed by atoms with Crippen LogP contribution in [0.4, 0.5) is 10.6 Å². The summed E-state index contributed by atoms with van der Waals surface area (Å²) < 4.78 is 5.07. The number of likely N-dealkylation sites (tertiary alicyclic amines) is 2. The molecule has 0 aromatic carbocycles. The maximum atomic E-state index is 12.4. The Bertz CT molecular complexity index is 584. The summed E-state index contributed by atoms with van der Waals surface area (Å²) in [6.45, 7) is 6.71. The highest BCUT2D eigenvalue weighted by atomic mass is 16.5. The van der Waals surface area contributed by atoms with Gasteiger partial charge in [-0.15, -0.1) is 0 Å². The van der Waals surface area contributed by atoms with Gasteiger partial charge in [0.1, 0.15) is 5.76 Å². The van der Waals surface area contributed by atoms with Gasteiger partial charge in [-0.1, -0.05) is 5.16 Å². The number of rotatable bonds is 2. The predicted molar refractivity (Wildman–Crippen MR) is 85.1 cm³/mol. The Morgan fingerprint density at radius 2 is 1.70 bits per heavy atom. The van der Waals surface area contributed by atoms with Crippen LogP contribution in [-0.4, -0.2) is 53.1 Å². The van der Waals surface area contributed by atoms with Crippen molar-refractivity contribution in [1.82, 2.24) is 15.0 Å². The standard InChI is InChI=1S/C16H24N4O3/c1-11-12(2)23-18-14(11)17-15(21)13-5-9-20(10-6-13)16(22)19-7-3-4-8-19/h13H,3-10H2,1-2H3,(H,17,18,21). The fourth-order valence-corrected chi connectivity index (χ4v) is 3.19. The number of nitrogens with one attached hydrogen (secondary N) is 1. The molecule has 0 atom stereocenters. The second-order valence-corrected chi connectivity index (χ2v) is 6.44. The van der Waals surface area contributed by atoms with E-state index in [9.17, 15) is 9.59 Å². The summed E-state index contributed by atoms with van der Waals surface area (Å²) in [5, 5.41) is 6.71. The molecule has 7 nitrogen and oxygen atoms in total. The second-order valence-electron chi connectivity index (χ2n) is 6.44. The number of carbonyl (C=O) groups excluding carboxylic acids is 2. The van der Waals surface area contributed by atoms with Crippen molar-refractivity contribution in [3.63, 3.8) is 0 Å². The summed E-state index contributed by atoms with van der Waals surface area (Å²) >= 11 is 0. The predicted octanol–water partition coefficient (Wildman–Crippen LogP) is 2.16. The van der Waals surface area contributed by atoms with E-state index in [2.05, 4.69) is 10.5 Å². The Labute approximate surface area is 136 Å². The van der Waals surface area contributed by atoms with Crippen LogP contribution in [0.1, 0.15) is 37.0 Å². The minimum Gasteiger partial charge on any atom is -0.359 e. The first-order valence-corrected chi connectivity index (χ1v) is 8.34. The van der Waals surface area contributed by atoms with Gasteiger partial charge in [0, 0.05) is 37.7 Å². The molecule has 23 heavy (non-hydrogen) atoms. The van der Waals surface area contributed by atoms with E-state index in [0.717, 1.165) is 31.5 Å². The largest absolute Gasteiger partial charge is 0.359 e. The molecule has 0 spiro atoms. The highest BCUT2D eigenvalue weighted by Gasteiger charge is 2.30. The number of anilines is 1. The van der Waals surface area contributed by atoms with Crippen LogP contribution in [0.15, 0.2) is 4.52 Å². The van der Waals surface area contributed by atoms with E-state index in [1.165, 1.54) is 0 Å². The molecule has 3 amide bonds. The van der Waals surface area contributed by atoms with E-state index in [1.807, 2.05) is 23.6 Å². The molecule has 0 bridgehead atoms. The van der Waals surface area contributed by atoms with Crippen LogP contribution in [0.5, 0.6) is 0 Å². The second kappa shape index (κ2) is 6.60. The number of amides is 3. The number of carbonyl (C=O) groups is 2. The van der Waals surface area contributed by atoms with Crippen molar-refractivity contribution >= 4 is 17.8 Å². The minimum absolute atomic E-state index is 0.0327. The molecule has 3 rings (SSSR count). The number of urea groups is 1. The topological polar surface area (TPSA) is 78.7 Å². The van der Waals surface area contributed by atoms with Gasteiger partial charge in [0.05, 0.1) is 0 Å². The first-order chi connectivity index (χ1) is 11.1. The highest BCUT2D eigenvalue weighted by molar-refractivity contribution is 5.92. The lowest BCUT2D eigenvalue weighted by Crippen LogP contribution is -2.47. The lowest BCUT2D eigenvalue weighted by Gasteiger charge is -2.33. The van der Waals surface area contributed by atoms with Gasteiger partial charge in [0.15, 0.2) is 5.82 Å². The van der Waals surface area contributed by atoms with Crippen LogP contribution in [0, 0.1) is 19.8 Å². The lowest BCUT2D eigenvalue weighted by molar-refractivity contribution is -0.121. The molecule has 1 N–H and O–H groups in total. The molecule has 2 fully saturated rings. The maximum absolute atomic E-state index is 12.4. The van der Waals surface area contributed by atoms with Crippen LogP contribution in [0.2, 0.25) is 0 Å². The number of aromatic nitrogens is 1. The number of hydrogen-bond donors (Lipinski definition) is 1. The summed E-state index contributed by atoms with van der Waals surface area (Å²) in [4.78, 5) is 28.5. The Hall–Kier alpha value is -2.05. The first-order valence-electron chi connectivity index (χ1n) is 8.34. The van der Waals surface area contributed by atoms with Crippen molar-refractivity contribution in [3.05, 3.63) is 11.3 Å². The van der Waals surface area contributed by atoms with Crippen LogP contribution in [0.3, 0.4) is 0 Å². The van der Waals surface area contributed by atoms with Gasteiger partial charge in [0.2, 0.25) is 5.91 Å². The fourth-order valence-electron chi connectivity index (χ4n) is 3.19. The number of aryl methyl sites for hydroxylation is 1. The third-order valence-corrected chi connectivity index (χ3v) is 4.91. The van der Waals surface area contributed by atoms with Crippen molar-refractivity contribution in [2.75, 3.05) is 31.5 Å². The van der Waals surface area contributed by atoms with E-state index in [4.69, 9.17) is 4.52 Å². The molecular weight excluding hydrogens is 296 g/mol. The molecule has 2 aliphatic rings. The van der Waals surface area contributed by atoms with Gasteiger partial charge >= 0.3 is 6.03 Å². The van der Waals surface area contributed by atoms with Gasteiger partial charge in [-0.3, -0.25) is 4.79 Å². The Morgan fingerprint density at radius 3 is 2.26 bits per heavy atom. The summed E-state index contributed by atoms with van der Waals surface area (Å²) in [5.41, 5.74) is 0.861. The van der Waals surface area contributed by atoms with Gasteiger partial charge in [-0.2, -0.15) is 0 Å². The molecule has 126 valence electrons. The quantitative estimate of drug-likeness (QED) is 0.905. The average molecular weight is 320 g/mol. The molecule has 1 aromatic heterocycles. The molecule has 0 radical (unpaired) electrons. The summed E-state index contributed by atoms with van der Waals surface area (Å²) in [6, 6.07) is 0.129. The van der Waals surface area contributed by atoms with Crippen LogP contribution < -0.4 is 5.32 Å². The summed E-state index contributed by atoms with van der Waals surface area (Å²) in [5.74, 6) is 1.11. The van der Waals surface area contributed by atoms with E-state index < -0.39 is 0 Å². The molecule has 2 aliphatic heterocycles. The SMILES string of the molecule is Cc1onc(NC(=O)C2CCN(C(=O)N3CCCC3)CC2)c1C. The highest BCUT2D eigenvalue weighted by Crippen LogP contribution is 2.23. The van der Waals surface area contributed by atoms with Crippen molar-refractivity contribution in [2.24, 2.45) is 5.92 Å². The van der Waals surface area contributed by atoms with Crippen molar-refractivity contribution < 1.29 is 14.1 Å². The molecule has 0 aliphatic carbocycles. The third-order valence-electron chi connectivity index (χ3n) is 4.91. The lowest BCUT2D eigenvalue weighted by atomic mass is 9.96. The van der Waals surface area contributed by atoms with Crippen molar-refractivity contribution in [1.29, 1.82) is 0 Å². The number of hydrogen-bond acceptors (Lipinski definition) is 4. The number of piperidine rings is 1. The first kappa shape index (κ1) is 15.8. The molecule has 0 saturated carbocycles. The van der Waals surface area contributed by atoms with Crippen LogP contribution >= 0.6 is 0 Å². The molecule has 3 heterocycles. The molecule has 1 aromatic rings. The van der Waals surface area contributed by atoms with Crippen molar-refractivity contribution in [3.8, 4) is 0 Å². The normalized spacial score (nSPS) is 19.2. The smallest absolute Gasteiger partial charge is 0.319 e. The van der Waals surface area contributed by atoms with E-state index in [0.29, 0.717) is 37.5 Å². The number of nitrogens with zero attached hydrogens (tertiary/aromatic N) is 3. The molecule has 2 saturated heterocycles. The van der Waals surface area contributed by atoms with Gasteiger partial charge < -0.3 is 19.6 Å². The molecule has 7 heteroatoms. The summed E-state index contributed by atoms with van der Waals surface area (Å²) in [6.07, 6.45) is 3.59. The van der Waals surface area contributed by atoms with Crippen LogP contribution in [0.25, 0.3) is 0 Å². The van der Waals surface area contributed by atoms with Gasteiger partial charge in [-0.05, 0) is 39.5 Å². The zero-order valence-electron chi connectivity index (χ0n) is 13.8. The zero-order valence-corrected chi connectivity index (χ0v) is 13.8. The van der Waals surface area contributed by atoms with E-state index in [-0.39, 0.29) is 17.9 Å². The van der Waals surface area contributed by atoms with Gasteiger partial charge in [-0.25, -0.2) is 4.79 Å². The van der Waals surface area contributed by atoms with E-state index in [1.54, 1.807) is 0 Å². The average Bonchev–Trinajstić information content (AvgIpc) is 3.20.